The topological polar surface area (TPSA) is 102 Å². The highest BCUT2D eigenvalue weighted by Crippen LogP contribution is 2.67. The molecule has 4 saturated carbocycles. The summed E-state index contributed by atoms with van der Waals surface area (Å²) < 4.78 is 10.4. The van der Waals surface area contributed by atoms with Crippen LogP contribution in [0.1, 0.15) is 62.5 Å². The molecule has 0 spiro atoms. The number of carbonyl (C=O) groups excluding carboxylic acids is 2. The van der Waals surface area contributed by atoms with E-state index in [2.05, 4.69) is 20.6 Å². The van der Waals surface area contributed by atoms with Crippen molar-refractivity contribution in [3.63, 3.8) is 0 Å². The molecule has 2 aromatic rings. The first-order valence-electron chi connectivity index (χ1n) is 12.9. The summed E-state index contributed by atoms with van der Waals surface area (Å²) in [6, 6.07) is 7.48. The number of carbonyl (C=O) groups is 2. The van der Waals surface area contributed by atoms with Gasteiger partial charge >= 0.3 is 0 Å². The molecule has 0 aliphatic heterocycles. The molecule has 0 radical (unpaired) electrons. The van der Waals surface area contributed by atoms with Crippen molar-refractivity contribution in [3.8, 4) is 11.8 Å². The molecule has 4 bridgehead atoms. The molecule has 2 heterocycles. The average molecular weight is 493 g/mol. The van der Waals surface area contributed by atoms with Crippen molar-refractivity contribution in [1.82, 2.24) is 20.6 Å². The molecule has 0 saturated heterocycles. The van der Waals surface area contributed by atoms with Crippen molar-refractivity contribution in [1.29, 1.82) is 0 Å². The van der Waals surface area contributed by atoms with Gasteiger partial charge in [-0.15, -0.1) is 0 Å². The van der Waals surface area contributed by atoms with Crippen LogP contribution in [0, 0.1) is 22.7 Å². The monoisotopic (exact) mass is 492 g/mol. The molecule has 2 N–H and O–H groups in total. The number of hydrogen-bond donors (Lipinski definition) is 2. The third kappa shape index (κ3) is 5.47. The molecule has 0 aromatic carbocycles. The lowest BCUT2D eigenvalue weighted by Crippen LogP contribution is -2.54. The van der Waals surface area contributed by atoms with Crippen LogP contribution in [0.5, 0.6) is 11.8 Å². The van der Waals surface area contributed by atoms with E-state index in [0.29, 0.717) is 49.5 Å². The third-order valence-corrected chi connectivity index (χ3v) is 8.37. The van der Waals surface area contributed by atoms with Gasteiger partial charge in [-0.25, -0.2) is 9.97 Å². The fourth-order valence-corrected chi connectivity index (χ4v) is 7.61. The second-order valence-electron chi connectivity index (χ2n) is 11.3. The Labute approximate surface area is 212 Å². The van der Waals surface area contributed by atoms with Crippen LogP contribution in [0.2, 0.25) is 0 Å². The van der Waals surface area contributed by atoms with E-state index < -0.39 is 0 Å². The molecule has 8 heteroatoms. The van der Waals surface area contributed by atoms with Crippen LogP contribution >= 0.6 is 0 Å². The Morgan fingerprint density at radius 1 is 0.833 bits per heavy atom. The molecular weight excluding hydrogens is 456 g/mol. The first-order chi connectivity index (χ1) is 17.4. The van der Waals surface area contributed by atoms with Crippen LogP contribution in [0.4, 0.5) is 0 Å². The Kier molecular flexibility index (Phi) is 6.86. The number of ether oxygens (including phenoxy) is 2. The second kappa shape index (κ2) is 10.1. The first-order valence-corrected chi connectivity index (χ1v) is 12.9. The lowest BCUT2D eigenvalue weighted by molar-refractivity contribution is -0.146. The van der Waals surface area contributed by atoms with Crippen LogP contribution < -0.4 is 20.1 Å². The summed E-state index contributed by atoms with van der Waals surface area (Å²) >= 11 is 0. The number of nitrogens with one attached hydrogen (secondary N) is 2. The van der Waals surface area contributed by atoms with Crippen LogP contribution in [-0.2, 0) is 22.7 Å². The largest absolute Gasteiger partial charge is 0.481 e. The van der Waals surface area contributed by atoms with E-state index in [1.807, 2.05) is 24.3 Å². The maximum Gasteiger partial charge on any atom is 0.220 e. The number of methoxy groups -OCH3 is 2. The van der Waals surface area contributed by atoms with Crippen molar-refractivity contribution in [3.05, 3.63) is 47.8 Å². The zero-order valence-electron chi connectivity index (χ0n) is 21.2. The maximum absolute atomic E-state index is 13.0. The molecule has 36 heavy (non-hydrogen) atoms. The summed E-state index contributed by atoms with van der Waals surface area (Å²) in [5.41, 5.74) is 1.98. The Morgan fingerprint density at radius 2 is 1.28 bits per heavy atom. The van der Waals surface area contributed by atoms with E-state index in [9.17, 15) is 9.59 Å². The maximum atomic E-state index is 13.0. The van der Waals surface area contributed by atoms with Gasteiger partial charge in [-0.2, -0.15) is 0 Å². The molecule has 0 atom stereocenters. The summed E-state index contributed by atoms with van der Waals surface area (Å²) in [7, 11) is 3.17. The second-order valence-corrected chi connectivity index (χ2v) is 11.3. The minimum Gasteiger partial charge on any atom is -0.481 e. The van der Waals surface area contributed by atoms with E-state index in [1.54, 1.807) is 26.6 Å². The molecule has 4 fully saturated rings. The Hall–Kier alpha value is -3.16. The summed E-state index contributed by atoms with van der Waals surface area (Å²) in [6.07, 6.45) is 11.1. The summed E-state index contributed by atoms with van der Waals surface area (Å²) in [6.45, 7) is 0.933. The van der Waals surface area contributed by atoms with E-state index in [1.165, 1.54) is 6.42 Å². The highest BCUT2D eigenvalue weighted by molar-refractivity contribution is 5.78. The average Bonchev–Trinajstić information content (AvgIpc) is 2.85. The molecule has 4 aliphatic rings. The quantitative estimate of drug-likeness (QED) is 0.523. The minimum atomic E-state index is 0.0167. The lowest BCUT2D eigenvalue weighted by Gasteiger charge is -2.62. The van der Waals surface area contributed by atoms with Gasteiger partial charge in [-0.1, -0.05) is 0 Å². The van der Waals surface area contributed by atoms with Gasteiger partial charge in [0.2, 0.25) is 23.6 Å². The van der Waals surface area contributed by atoms with Crippen molar-refractivity contribution in [2.24, 2.45) is 22.7 Å². The Bertz CT molecular complexity index is 1020. The molecule has 4 aliphatic carbocycles. The van der Waals surface area contributed by atoms with Gasteiger partial charge in [-0.3, -0.25) is 9.59 Å². The highest BCUT2D eigenvalue weighted by Gasteiger charge is 2.58. The number of pyridine rings is 2. The van der Waals surface area contributed by atoms with Gasteiger partial charge in [0.1, 0.15) is 0 Å². The van der Waals surface area contributed by atoms with Crippen LogP contribution in [0.15, 0.2) is 36.7 Å². The zero-order valence-corrected chi connectivity index (χ0v) is 21.2. The van der Waals surface area contributed by atoms with Crippen molar-refractivity contribution < 1.29 is 19.1 Å². The summed E-state index contributed by atoms with van der Waals surface area (Å²) in [5, 5.41) is 6.22. The van der Waals surface area contributed by atoms with Crippen LogP contribution in [0.25, 0.3) is 0 Å². The van der Waals surface area contributed by atoms with Gasteiger partial charge in [-0.05, 0) is 84.5 Å². The van der Waals surface area contributed by atoms with Crippen molar-refractivity contribution >= 4 is 11.8 Å². The van der Waals surface area contributed by atoms with E-state index in [4.69, 9.17) is 9.47 Å². The number of nitrogens with zero attached hydrogens (tertiary/aromatic N) is 2. The van der Waals surface area contributed by atoms with Gasteiger partial charge in [0, 0.05) is 50.5 Å². The fraction of sp³-hybridized carbons (Fsp3) is 0.571. The predicted octanol–water partition coefficient (Wildman–Crippen LogP) is 3.79. The normalized spacial score (nSPS) is 27.9. The van der Waals surface area contributed by atoms with Gasteiger partial charge in [0.05, 0.1) is 14.2 Å². The standard InChI is InChI=1S/C28H36N4O4/c1-35-25-8-19(3-5-29-25)16-31-23(33)14-27-10-21-7-22(11-27)13-28(12-21,18-27)15-24(34)32-17-20-4-6-30-26(9-20)36-2/h3-6,8-9,21-22H,7,10-18H2,1-2H3,(H,31,33)(H,32,34). The third-order valence-electron chi connectivity index (χ3n) is 8.37. The van der Waals surface area contributed by atoms with E-state index in [-0.39, 0.29) is 22.6 Å². The van der Waals surface area contributed by atoms with Gasteiger partial charge in [0.15, 0.2) is 0 Å². The van der Waals surface area contributed by atoms with E-state index >= 15 is 0 Å². The summed E-state index contributed by atoms with van der Waals surface area (Å²) in [4.78, 5) is 34.3. The van der Waals surface area contributed by atoms with Crippen LogP contribution in [-0.4, -0.2) is 36.0 Å². The highest BCUT2D eigenvalue weighted by atomic mass is 16.5. The first kappa shape index (κ1) is 24.5. The number of hydrogen-bond acceptors (Lipinski definition) is 6. The minimum absolute atomic E-state index is 0.0167. The van der Waals surface area contributed by atoms with Gasteiger partial charge < -0.3 is 20.1 Å². The molecule has 192 valence electrons. The molecule has 6 rings (SSSR count). The molecular formula is C28H36N4O4. The molecule has 8 nitrogen and oxygen atoms in total. The predicted molar refractivity (Wildman–Crippen MR) is 134 cm³/mol. The molecule has 2 amide bonds. The van der Waals surface area contributed by atoms with E-state index in [0.717, 1.165) is 43.2 Å². The number of rotatable bonds is 10. The number of aromatic nitrogens is 2. The fourth-order valence-electron chi connectivity index (χ4n) is 7.61. The van der Waals surface area contributed by atoms with Crippen LogP contribution in [0.3, 0.4) is 0 Å². The number of amides is 2. The Morgan fingerprint density at radius 3 is 1.69 bits per heavy atom. The van der Waals surface area contributed by atoms with Gasteiger partial charge in [0.25, 0.3) is 0 Å². The summed E-state index contributed by atoms with van der Waals surface area (Å²) in [5.74, 6) is 2.54. The zero-order chi connectivity index (χ0) is 25.2. The molecule has 2 aromatic heterocycles. The van der Waals surface area contributed by atoms with Crippen molar-refractivity contribution in [2.75, 3.05) is 14.2 Å². The molecule has 0 unspecified atom stereocenters. The smallest absolute Gasteiger partial charge is 0.220 e. The van der Waals surface area contributed by atoms with Crippen molar-refractivity contribution in [2.45, 2.75) is 64.5 Å². The SMILES string of the molecule is COc1cc(CNC(=O)CC23CC4CC(C2)CC(CC(=O)NCc2ccnc(OC)c2)(C4)C3)ccn1. The lowest BCUT2D eigenvalue weighted by atomic mass is 9.43. The Balaban J connectivity index is 1.19.